The average molecular weight is 318 g/mol. The van der Waals surface area contributed by atoms with E-state index in [4.69, 9.17) is 15.2 Å². The first-order chi connectivity index (χ1) is 11.2. The lowest BCUT2D eigenvalue weighted by Gasteiger charge is -2.32. The monoisotopic (exact) mass is 318 g/mol. The van der Waals surface area contributed by atoms with E-state index < -0.39 is 0 Å². The van der Waals surface area contributed by atoms with Gasteiger partial charge in [0, 0.05) is 12.1 Å². The van der Waals surface area contributed by atoms with Crippen LogP contribution in [0.4, 0.5) is 0 Å². The Kier molecular flexibility index (Phi) is 5.18. The highest BCUT2D eigenvalue weighted by molar-refractivity contribution is 5.94. The van der Waals surface area contributed by atoms with Gasteiger partial charge in [-0.3, -0.25) is 4.79 Å². The second kappa shape index (κ2) is 7.32. The van der Waals surface area contributed by atoms with Gasteiger partial charge < -0.3 is 20.5 Å². The molecule has 1 saturated carbocycles. The number of hydrogen-bond acceptors (Lipinski definition) is 4. The lowest BCUT2D eigenvalue weighted by molar-refractivity contribution is -0.0246. The summed E-state index contributed by atoms with van der Waals surface area (Å²) < 4.78 is 11.5. The molecule has 1 aliphatic heterocycles. The minimum Gasteiger partial charge on any atom is -0.492 e. The largest absolute Gasteiger partial charge is 0.492 e. The Bertz CT molecular complexity index is 541. The van der Waals surface area contributed by atoms with Crippen molar-refractivity contribution in [2.24, 2.45) is 5.73 Å². The van der Waals surface area contributed by atoms with Gasteiger partial charge >= 0.3 is 0 Å². The fraction of sp³-hybridized carbons (Fsp3) is 0.611. The van der Waals surface area contributed by atoms with Crippen LogP contribution in [0.3, 0.4) is 0 Å². The van der Waals surface area contributed by atoms with Crippen LogP contribution in [0.25, 0.3) is 0 Å². The molecule has 0 unspecified atom stereocenters. The van der Waals surface area contributed by atoms with Crippen molar-refractivity contribution in [1.82, 2.24) is 5.32 Å². The van der Waals surface area contributed by atoms with Crippen molar-refractivity contribution in [2.75, 3.05) is 19.8 Å². The van der Waals surface area contributed by atoms with Crippen LogP contribution < -0.4 is 15.8 Å². The third kappa shape index (κ3) is 4.03. The van der Waals surface area contributed by atoms with Gasteiger partial charge in [-0.2, -0.15) is 0 Å². The summed E-state index contributed by atoms with van der Waals surface area (Å²) in [4.78, 5) is 12.5. The van der Waals surface area contributed by atoms with Gasteiger partial charge in [-0.05, 0) is 37.5 Å². The molecule has 2 fully saturated rings. The zero-order chi connectivity index (χ0) is 16.1. The van der Waals surface area contributed by atoms with Crippen LogP contribution in [0.5, 0.6) is 5.75 Å². The highest BCUT2D eigenvalue weighted by Crippen LogP contribution is 2.39. The summed E-state index contributed by atoms with van der Waals surface area (Å²) in [5.74, 6) is 0.610. The molecular weight excluding hydrogens is 292 g/mol. The molecule has 1 spiro atoms. The van der Waals surface area contributed by atoms with E-state index in [-0.39, 0.29) is 17.6 Å². The van der Waals surface area contributed by atoms with E-state index in [9.17, 15) is 4.79 Å². The molecule has 1 amide bonds. The van der Waals surface area contributed by atoms with E-state index in [2.05, 4.69) is 5.32 Å². The number of carbonyl (C=O) groups is 1. The number of nitrogens with one attached hydrogen (secondary N) is 1. The minimum absolute atomic E-state index is 0.0162. The third-order valence-corrected chi connectivity index (χ3v) is 4.79. The van der Waals surface area contributed by atoms with E-state index >= 15 is 0 Å². The van der Waals surface area contributed by atoms with Gasteiger partial charge in [0.25, 0.3) is 5.91 Å². The van der Waals surface area contributed by atoms with Crippen LogP contribution in [-0.4, -0.2) is 37.3 Å². The first kappa shape index (κ1) is 16.3. The molecular formula is C18H26N2O3. The van der Waals surface area contributed by atoms with Crippen LogP contribution in [0, 0.1) is 0 Å². The van der Waals surface area contributed by atoms with Crippen molar-refractivity contribution in [3.8, 4) is 5.75 Å². The fourth-order valence-electron chi connectivity index (χ4n) is 3.65. The highest BCUT2D eigenvalue weighted by Gasteiger charge is 2.41. The molecule has 5 heteroatoms. The molecule has 1 atom stereocenters. The summed E-state index contributed by atoms with van der Waals surface area (Å²) in [6.07, 6.45) is 6.96. The van der Waals surface area contributed by atoms with E-state index in [1.807, 2.05) is 12.1 Å². The fourth-order valence-corrected chi connectivity index (χ4v) is 3.65. The van der Waals surface area contributed by atoms with Crippen LogP contribution in [-0.2, 0) is 4.74 Å². The minimum atomic E-state index is -0.0651. The van der Waals surface area contributed by atoms with Crippen molar-refractivity contribution in [3.05, 3.63) is 29.8 Å². The van der Waals surface area contributed by atoms with Crippen LogP contribution in [0.15, 0.2) is 24.3 Å². The molecule has 0 aromatic heterocycles. The molecule has 5 nitrogen and oxygen atoms in total. The number of ether oxygens (including phenoxy) is 2. The van der Waals surface area contributed by atoms with Gasteiger partial charge in [0.1, 0.15) is 12.4 Å². The Morgan fingerprint density at radius 1 is 1.35 bits per heavy atom. The highest BCUT2D eigenvalue weighted by atomic mass is 16.5. The summed E-state index contributed by atoms with van der Waals surface area (Å²) >= 11 is 0. The molecule has 0 radical (unpaired) electrons. The van der Waals surface area contributed by atoms with E-state index in [0.717, 1.165) is 19.3 Å². The Morgan fingerprint density at radius 3 is 2.96 bits per heavy atom. The molecule has 23 heavy (non-hydrogen) atoms. The van der Waals surface area contributed by atoms with E-state index in [1.165, 1.54) is 19.3 Å². The Balaban J connectivity index is 1.57. The lowest BCUT2D eigenvalue weighted by Crippen LogP contribution is -2.37. The van der Waals surface area contributed by atoms with Crippen molar-refractivity contribution in [1.29, 1.82) is 0 Å². The maximum atomic E-state index is 12.5. The zero-order valence-corrected chi connectivity index (χ0v) is 13.6. The molecule has 1 aromatic carbocycles. The summed E-state index contributed by atoms with van der Waals surface area (Å²) in [6, 6.07) is 7.33. The van der Waals surface area contributed by atoms with Gasteiger partial charge in [-0.15, -0.1) is 0 Å². The Labute approximate surface area is 137 Å². The van der Waals surface area contributed by atoms with Gasteiger partial charge in [-0.25, -0.2) is 0 Å². The van der Waals surface area contributed by atoms with Crippen molar-refractivity contribution >= 4 is 5.91 Å². The molecule has 3 N–H and O–H groups in total. The van der Waals surface area contributed by atoms with Gasteiger partial charge in [0.05, 0.1) is 18.2 Å². The van der Waals surface area contributed by atoms with Crippen molar-refractivity contribution in [2.45, 2.75) is 50.2 Å². The molecule has 1 heterocycles. The molecule has 0 bridgehead atoms. The predicted octanol–water partition coefficient (Wildman–Crippen LogP) is 2.25. The van der Waals surface area contributed by atoms with Gasteiger partial charge in [0.2, 0.25) is 0 Å². The standard InChI is InChI=1S/C18H26N2O3/c19-9-10-22-16-6-4-5-14(11-16)17(21)20-15-12-18(23-13-15)7-2-1-3-8-18/h4-6,11,15H,1-3,7-10,12-13,19H2,(H,20,21)/t15-/m0/s1. The molecule has 2 aliphatic rings. The normalized spacial score (nSPS) is 22.9. The molecule has 1 aliphatic carbocycles. The van der Waals surface area contributed by atoms with Crippen LogP contribution >= 0.6 is 0 Å². The second-order valence-corrected chi connectivity index (χ2v) is 6.59. The van der Waals surface area contributed by atoms with E-state index in [0.29, 0.717) is 31.1 Å². The summed E-state index contributed by atoms with van der Waals surface area (Å²) in [5.41, 5.74) is 6.06. The summed E-state index contributed by atoms with van der Waals surface area (Å²) in [6.45, 7) is 1.52. The smallest absolute Gasteiger partial charge is 0.251 e. The molecule has 3 rings (SSSR count). The van der Waals surface area contributed by atoms with E-state index in [1.54, 1.807) is 12.1 Å². The van der Waals surface area contributed by atoms with Crippen molar-refractivity contribution < 1.29 is 14.3 Å². The SMILES string of the molecule is NCCOc1cccc(C(=O)N[C@@H]2COC3(CCCCC3)C2)c1. The summed E-state index contributed by atoms with van der Waals surface area (Å²) in [7, 11) is 0. The maximum Gasteiger partial charge on any atom is 0.251 e. The molecule has 1 aromatic rings. The zero-order valence-electron chi connectivity index (χ0n) is 13.6. The average Bonchev–Trinajstić information content (AvgIpc) is 2.96. The number of nitrogens with two attached hydrogens (primary N) is 1. The molecule has 126 valence electrons. The first-order valence-corrected chi connectivity index (χ1v) is 8.59. The summed E-state index contributed by atoms with van der Waals surface area (Å²) in [5, 5.41) is 3.11. The topological polar surface area (TPSA) is 73.6 Å². The third-order valence-electron chi connectivity index (χ3n) is 4.79. The number of rotatable bonds is 5. The Hall–Kier alpha value is -1.59. The maximum absolute atomic E-state index is 12.5. The molecule has 1 saturated heterocycles. The first-order valence-electron chi connectivity index (χ1n) is 8.59. The quantitative estimate of drug-likeness (QED) is 0.873. The lowest BCUT2D eigenvalue weighted by atomic mass is 9.82. The second-order valence-electron chi connectivity index (χ2n) is 6.59. The van der Waals surface area contributed by atoms with Crippen LogP contribution in [0.1, 0.15) is 48.9 Å². The van der Waals surface area contributed by atoms with Gasteiger partial charge in [-0.1, -0.05) is 25.3 Å². The van der Waals surface area contributed by atoms with Gasteiger partial charge in [0.15, 0.2) is 0 Å². The Morgan fingerprint density at radius 2 is 2.17 bits per heavy atom. The number of benzene rings is 1. The number of carbonyl (C=O) groups excluding carboxylic acids is 1. The van der Waals surface area contributed by atoms with Crippen molar-refractivity contribution in [3.63, 3.8) is 0 Å². The van der Waals surface area contributed by atoms with Crippen LogP contribution in [0.2, 0.25) is 0 Å². The predicted molar refractivity (Wildman–Crippen MR) is 88.6 cm³/mol. The number of hydrogen-bond donors (Lipinski definition) is 2. The number of amides is 1.